The molecule has 2 aliphatic rings. The Morgan fingerprint density at radius 1 is 1.38 bits per heavy atom. The molecule has 1 saturated heterocycles. The normalized spacial score (nSPS) is 25.1. The molecule has 3 heterocycles. The summed E-state index contributed by atoms with van der Waals surface area (Å²) in [5.74, 6) is 0.210. The predicted molar refractivity (Wildman–Crippen MR) is 69.6 cm³/mol. The minimum absolute atomic E-state index is 0.147. The maximum absolute atomic E-state index is 11.8. The summed E-state index contributed by atoms with van der Waals surface area (Å²) in [6.07, 6.45) is 4.91. The molecule has 1 aliphatic carbocycles. The smallest absolute Gasteiger partial charge is 0.273 e. The van der Waals surface area contributed by atoms with Crippen molar-refractivity contribution in [2.75, 3.05) is 13.2 Å². The molecular weight excluding hydrogens is 274 g/mol. The third-order valence-electron chi connectivity index (χ3n) is 4.12. The molecule has 2 fully saturated rings. The molecule has 4 rings (SSSR count). The zero-order valence-electron chi connectivity index (χ0n) is 11.3. The number of hydrogen-bond donors (Lipinski definition) is 1. The first-order chi connectivity index (χ1) is 10.3. The molecule has 0 aromatic carbocycles. The summed E-state index contributed by atoms with van der Waals surface area (Å²) >= 11 is 0. The molecule has 8 nitrogen and oxygen atoms in total. The summed E-state index contributed by atoms with van der Waals surface area (Å²) in [7, 11) is 0. The summed E-state index contributed by atoms with van der Waals surface area (Å²) in [5.41, 5.74) is 1.44. The minimum Gasteiger partial charge on any atom is -0.380 e. The summed E-state index contributed by atoms with van der Waals surface area (Å²) in [5, 5.41) is 14.7. The van der Waals surface area contributed by atoms with E-state index in [1.54, 1.807) is 6.07 Å². The third-order valence-corrected chi connectivity index (χ3v) is 4.12. The van der Waals surface area contributed by atoms with Crippen LogP contribution in [0.4, 0.5) is 0 Å². The maximum atomic E-state index is 11.8. The highest BCUT2D eigenvalue weighted by Crippen LogP contribution is 2.35. The van der Waals surface area contributed by atoms with Gasteiger partial charge in [0, 0.05) is 18.0 Å². The Morgan fingerprint density at radius 2 is 2.24 bits per heavy atom. The van der Waals surface area contributed by atoms with Crippen molar-refractivity contribution in [1.29, 1.82) is 0 Å². The first-order valence-corrected chi connectivity index (χ1v) is 7.00. The number of carbonyl (C=O) groups excluding carboxylic acids is 1. The molecule has 0 radical (unpaired) electrons. The van der Waals surface area contributed by atoms with Gasteiger partial charge in [0.25, 0.3) is 5.91 Å². The fourth-order valence-corrected chi connectivity index (χ4v) is 2.73. The Bertz CT molecular complexity index is 628. The fraction of sp³-hybridized carbons (Fsp3) is 0.538. The van der Waals surface area contributed by atoms with Gasteiger partial charge in [0.1, 0.15) is 6.26 Å². The van der Waals surface area contributed by atoms with Crippen LogP contribution in [0.2, 0.25) is 0 Å². The van der Waals surface area contributed by atoms with E-state index in [2.05, 4.69) is 25.3 Å². The average molecular weight is 289 g/mol. The highest BCUT2D eigenvalue weighted by atomic mass is 16.5. The molecule has 1 saturated carbocycles. The average Bonchev–Trinajstić information content (AvgIpc) is 3.02. The van der Waals surface area contributed by atoms with Crippen LogP contribution < -0.4 is 5.32 Å². The summed E-state index contributed by atoms with van der Waals surface area (Å²) in [4.78, 5) is 11.8. The number of rotatable bonds is 4. The van der Waals surface area contributed by atoms with Crippen LogP contribution in [0.1, 0.15) is 41.0 Å². The van der Waals surface area contributed by atoms with Crippen molar-refractivity contribution in [1.82, 2.24) is 25.5 Å². The van der Waals surface area contributed by atoms with Crippen LogP contribution in [0.15, 0.2) is 23.0 Å². The predicted octanol–water partition coefficient (Wildman–Crippen LogP) is 0.513. The third kappa shape index (κ3) is 2.21. The van der Waals surface area contributed by atoms with Gasteiger partial charge >= 0.3 is 0 Å². The van der Waals surface area contributed by atoms with E-state index >= 15 is 0 Å². The van der Waals surface area contributed by atoms with Gasteiger partial charge in [0.15, 0.2) is 5.69 Å². The lowest BCUT2D eigenvalue weighted by Gasteiger charge is -2.37. The first kappa shape index (κ1) is 12.5. The van der Waals surface area contributed by atoms with Crippen LogP contribution >= 0.6 is 0 Å². The number of ether oxygens (including phenoxy) is 1. The molecule has 21 heavy (non-hydrogen) atoms. The Morgan fingerprint density at radius 3 is 2.90 bits per heavy atom. The van der Waals surface area contributed by atoms with Crippen LogP contribution in [0, 0.1) is 0 Å². The van der Waals surface area contributed by atoms with Crippen LogP contribution in [0.5, 0.6) is 0 Å². The van der Waals surface area contributed by atoms with Crippen molar-refractivity contribution in [3.8, 4) is 0 Å². The van der Waals surface area contributed by atoms with Gasteiger partial charge in [0.2, 0.25) is 0 Å². The van der Waals surface area contributed by atoms with Crippen molar-refractivity contribution < 1.29 is 14.1 Å². The van der Waals surface area contributed by atoms with Crippen molar-refractivity contribution in [2.45, 2.75) is 30.8 Å². The van der Waals surface area contributed by atoms with Gasteiger partial charge in [-0.05, 0) is 12.8 Å². The lowest BCUT2D eigenvalue weighted by molar-refractivity contribution is 0.00301. The number of carbonyl (C=O) groups is 1. The zero-order chi connectivity index (χ0) is 14.2. The van der Waals surface area contributed by atoms with Crippen LogP contribution in [-0.4, -0.2) is 45.3 Å². The Labute approximate surface area is 120 Å². The van der Waals surface area contributed by atoms with Gasteiger partial charge < -0.3 is 14.6 Å². The van der Waals surface area contributed by atoms with E-state index in [9.17, 15) is 4.79 Å². The first-order valence-electron chi connectivity index (χ1n) is 7.00. The van der Waals surface area contributed by atoms with Gasteiger partial charge in [-0.3, -0.25) is 4.79 Å². The summed E-state index contributed by atoms with van der Waals surface area (Å²) in [6.45, 7) is 1.48. The molecule has 2 aromatic rings. The second-order valence-corrected chi connectivity index (χ2v) is 5.52. The summed E-state index contributed by atoms with van der Waals surface area (Å²) in [6, 6.07) is 2.00. The van der Waals surface area contributed by atoms with Gasteiger partial charge in [-0.15, -0.1) is 5.10 Å². The molecule has 0 unspecified atom stereocenters. The second-order valence-electron chi connectivity index (χ2n) is 5.52. The molecule has 1 amide bonds. The fourth-order valence-electron chi connectivity index (χ4n) is 2.73. The van der Waals surface area contributed by atoms with Gasteiger partial charge in [-0.2, -0.15) is 0 Å². The Balaban J connectivity index is 1.35. The zero-order valence-corrected chi connectivity index (χ0v) is 11.3. The lowest BCUT2D eigenvalue weighted by atomic mass is 9.86. The molecule has 0 atom stereocenters. The lowest BCUT2D eigenvalue weighted by Crippen LogP contribution is -2.46. The molecule has 8 heteroatoms. The van der Waals surface area contributed by atoms with E-state index in [4.69, 9.17) is 4.74 Å². The molecule has 1 N–H and O–H groups in total. The monoisotopic (exact) mass is 289 g/mol. The molecular formula is C13H15N5O3. The van der Waals surface area contributed by atoms with Crippen molar-refractivity contribution in [3.05, 3.63) is 29.9 Å². The maximum Gasteiger partial charge on any atom is 0.273 e. The molecule has 2 aromatic heterocycles. The van der Waals surface area contributed by atoms with E-state index in [1.165, 1.54) is 6.26 Å². The molecule has 0 spiro atoms. The number of hydrogen-bond acceptors (Lipinski definition) is 6. The highest BCUT2D eigenvalue weighted by molar-refractivity contribution is 5.92. The van der Waals surface area contributed by atoms with E-state index in [1.807, 2.05) is 10.9 Å². The Kier molecular flexibility index (Phi) is 2.95. The number of nitrogens with one attached hydrogen (secondary N) is 1. The van der Waals surface area contributed by atoms with E-state index in [0.717, 1.165) is 31.7 Å². The van der Waals surface area contributed by atoms with Crippen molar-refractivity contribution >= 4 is 5.91 Å². The number of nitrogens with zero attached hydrogens (tertiary/aromatic N) is 4. The topological polar surface area (TPSA) is 95.1 Å². The Hall–Kier alpha value is -2.22. The van der Waals surface area contributed by atoms with Gasteiger partial charge in [-0.25, -0.2) is 4.68 Å². The molecule has 110 valence electrons. The second kappa shape index (κ2) is 4.96. The van der Waals surface area contributed by atoms with Gasteiger partial charge in [0.05, 0.1) is 31.1 Å². The van der Waals surface area contributed by atoms with E-state index in [0.29, 0.717) is 17.7 Å². The number of aromatic nitrogens is 4. The van der Waals surface area contributed by atoms with Crippen LogP contribution in [0.25, 0.3) is 0 Å². The van der Waals surface area contributed by atoms with Gasteiger partial charge in [-0.1, -0.05) is 10.4 Å². The molecule has 1 aliphatic heterocycles. The van der Waals surface area contributed by atoms with E-state index in [-0.39, 0.29) is 11.9 Å². The van der Waals surface area contributed by atoms with Crippen molar-refractivity contribution in [2.24, 2.45) is 0 Å². The largest absolute Gasteiger partial charge is 0.380 e. The standard InChI is InChI=1S/C13H15N5O3/c19-13(11-1-2-21-16-11)15-9-3-10(4-9)18-12(5-14-17-18)8-6-20-7-8/h1-2,5,8-10H,3-4,6-7H2,(H,15,19). The van der Waals surface area contributed by atoms with Crippen LogP contribution in [0.3, 0.4) is 0 Å². The SMILES string of the molecule is O=C(NC1CC(n2nncc2C2COC2)C1)c1ccon1. The number of amides is 1. The van der Waals surface area contributed by atoms with Crippen molar-refractivity contribution in [3.63, 3.8) is 0 Å². The highest BCUT2D eigenvalue weighted by Gasteiger charge is 2.36. The van der Waals surface area contributed by atoms with Crippen LogP contribution in [-0.2, 0) is 4.74 Å². The summed E-state index contributed by atoms with van der Waals surface area (Å²) < 4.78 is 11.9. The quantitative estimate of drug-likeness (QED) is 0.881. The molecule has 0 bridgehead atoms. The van der Waals surface area contributed by atoms with E-state index < -0.39 is 0 Å². The minimum atomic E-state index is -0.196.